The standard InChI is InChI=1S/C30H32N6O3/c1-4-39-30(37)22-17-32-36-27(34(2)18-20-10-6-5-7-11-20)16-24(33-29(22)36)23-19-35(25-13-8-14-26(25)38-3)28-21(23)12-9-15-31-28/h5-7,9-12,15-17,19,25-26H,4,8,13-14,18H2,1-3H3/t25-,26-/m1/s1. The summed E-state index contributed by atoms with van der Waals surface area (Å²) in [7, 11) is 3.80. The van der Waals surface area contributed by atoms with Gasteiger partial charge < -0.3 is 18.9 Å². The molecule has 1 aliphatic carbocycles. The molecule has 6 rings (SSSR count). The predicted molar refractivity (Wildman–Crippen MR) is 150 cm³/mol. The van der Waals surface area contributed by atoms with Crippen molar-refractivity contribution in [2.24, 2.45) is 0 Å². The maximum absolute atomic E-state index is 12.8. The quantitative estimate of drug-likeness (QED) is 0.255. The van der Waals surface area contributed by atoms with Gasteiger partial charge in [0.25, 0.3) is 0 Å². The van der Waals surface area contributed by atoms with Gasteiger partial charge in [0.15, 0.2) is 5.65 Å². The number of carbonyl (C=O) groups excluding carboxylic acids is 1. The van der Waals surface area contributed by atoms with E-state index in [1.54, 1.807) is 18.5 Å². The summed E-state index contributed by atoms with van der Waals surface area (Å²) < 4.78 is 15.1. The van der Waals surface area contributed by atoms with Gasteiger partial charge in [0, 0.05) is 50.1 Å². The van der Waals surface area contributed by atoms with Gasteiger partial charge in [-0.25, -0.2) is 14.8 Å². The molecule has 0 N–H and O–H groups in total. The molecule has 4 aromatic heterocycles. The molecule has 9 heteroatoms. The molecule has 0 spiro atoms. The maximum atomic E-state index is 12.8. The van der Waals surface area contributed by atoms with Crippen molar-refractivity contribution in [3.8, 4) is 11.3 Å². The van der Waals surface area contributed by atoms with E-state index in [9.17, 15) is 4.79 Å². The fourth-order valence-corrected chi connectivity index (χ4v) is 5.69. The van der Waals surface area contributed by atoms with Crippen LogP contribution in [0.4, 0.5) is 5.82 Å². The third-order valence-electron chi connectivity index (χ3n) is 7.55. The molecular formula is C30H32N6O3. The van der Waals surface area contributed by atoms with Crippen LogP contribution < -0.4 is 4.90 Å². The Bertz CT molecular complexity index is 1630. The van der Waals surface area contributed by atoms with Gasteiger partial charge in [-0.3, -0.25) is 0 Å². The number of rotatable bonds is 8. The van der Waals surface area contributed by atoms with Gasteiger partial charge >= 0.3 is 5.97 Å². The minimum atomic E-state index is -0.438. The summed E-state index contributed by atoms with van der Waals surface area (Å²) in [6, 6.07) is 16.5. The Kier molecular flexibility index (Phi) is 6.74. The Morgan fingerprint density at radius 3 is 2.77 bits per heavy atom. The number of benzene rings is 1. The Balaban J connectivity index is 1.53. The lowest BCUT2D eigenvalue weighted by Gasteiger charge is -2.21. The molecule has 1 fully saturated rings. The topological polar surface area (TPSA) is 86.8 Å². The normalized spacial score (nSPS) is 17.2. The van der Waals surface area contributed by atoms with E-state index in [1.165, 1.54) is 6.20 Å². The van der Waals surface area contributed by atoms with Crippen molar-refractivity contribution in [3.63, 3.8) is 0 Å². The van der Waals surface area contributed by atoms with Crippen LogP contribution >= 0.6 is 0 Å². The lowest BCUT2D eigenvalue weighted by Crippen LogP contribution is -2.20. The molecule has 1 saturated carbocycles. The van der Waals surface area contributed by atoms with E-state index in [-0.39, 0.29) is 18.8 Å². The fraction of sp³-hybridized carbons (Fsp3) is 0.333. The SMILES string of the molecule is CCOC(=O)c1cnn2c(N(C)Cc3ccccc3)cc(-c3cn([C@@H]4CCC[C@H]4OC)c4ncccc34)nc12. The van der Waals surface area contributed by atoms with Crippen molar-refractivity contribution in [3.05, 3.63) is 78.2 Å². The molecule has 0 radical (unpaired) electrons. The van der Waals surface area contributed by atoms with Gasteiger partial charge in [-0.05, 0) is 43.9 Å². The summed E-state index contributed by atoms with van der Waals surface area (Å²) in [6.07, 6.45) is 8.82. The third kappa shape index (κ3) is 4.52. The second-order valence-electron chi connectivity index (χ2n) is 9.95. The molecule has 39 heavy (non-hydrogen) atoms. The second kappa shape index (κ2) is 10.5. The molecule has 0 saturated heterocycles. The van der Waals surface area contributed by atoms with Crippen molar-refractivity contribution < 1.29 is 14.3 Å². The summed E-state index contributed by atoms with van der Waals surface area (Å²) in [4.78, 5) is 24.7. The van der Waals surface area contributed by atoms with E-state index >= 15 is 0 Å². The summed E-state index contributed by atoms with van der Waals surface area (Å²) in [5, 5.41) is 5.55. The zero-order valence-electron chi connectivity index (χ0n) is 22.4. The van der Waals surface area contributed by atoms with Crippen LogP contribution in [-0.4, -0.2) is 57.0 Å². The van der Waals surface area contributed by atoms with Crippen LogP contribution in [0.1, 0.15) is 48.1 Å². The average Bonchev–Trinajstić information content (AvgIpc) is 3.69. The van der Waals surface area contributed by atoms with Gasteiger partial charge in [0.1, 0.15) is 17.0 Å². The van der Waals surface area contributed by atoms with Crippen LogP contribution in [0, 0.1) is 0 Å². The molecule has 1 aromatic carbocycles. The number of nitrogens with zero attached hydrogens (tertiary/aromatic N) is 6. The molecule has 4 heterocycles. The van der Waals surface area contributed by atoms with Gasteiger partial charge in [0.05, 0.1) is 30.6 Å². The van der Waals surface area contributed by atoms with Crippen LogP contribution in [-0.2, 0) is 16.0 Å². The second-order valence-corrected chi connectivity index (χ2v) is 9.95. The molecule has 1 aliphatic rings. The van der Waals surface area contributed by atoms with Crippen LogP contribution in [0.2, 0.25) is 0 Å². The highest BCUT2D eigenvalue weighted by atomic mass is 16.5. The van der Waals surface area contributed by atoms with E-state index in [1.807, 2.05) is 43.6 Å². The minimum Gasteiger partial charge on any atom is -0.462 e. The third-order valence-corrected chi connectivity index (χ3v) is 7.55. The van der Waals surface area contributed by atoms with E-state index < -0.39 is 5.97 Å². The first kappa shape index (κ1) is 25.1. The number of esters is 1. The first-order valence-corrected chi connectivity index (χ1v) is 13.4. The van der Waals surface area contributed by atoms with E-state index in [0.29, 0.717) is 17.8 Å². The zero-order chi connectivity index (χ0) is 26.9. The Morgan fingerprint density at radius 1 is 1.13 bits per heavy atom. The highest BCUT2D eigenvalue weighted by Crippen LogP contribution is 2.39. The van der Waals surface area contributed by atoms with Gasteiger partial charge in [-0.2, -0.15) is 9.61 Å². The molecule has 0 aliphatic heterocycles. The summed E-state index contributed by atoms with van der Waals surface area (Å²) in [6.45, 7) is 2.73. The van der Waals surface area contributed by atoms with Crippen LogP contribution in [0.15, 0.2) is 67.1 Å². The number of hydrogen-bond donors (Lipinski definition) is 0. The molecular weight excluding hydrogens is 492 g/mol. The first-order valence-electron chi connectivity index (χ1n) is 13.4. The molecule has 0 amide bonds. The van der Waals surface area contributed by atoms with Crippen LogP contribution in [0.5, 0.6) is 0 Å². The van der Waals surface area contributed by atoms with Crippen molar-refractivity contribution in [1.82, 2.24) is 24.1 Å². The molecule has 0 unspecified atom stereocenters. The Labute approximate surface area is 227 Å². The largest absolute Gasteiger partial charge is 0.462 e. The van der Waals surface area contributed by atoms with E-state index in [2.05, 4.69) is 39.0 Å². The van der Waals surface area contributed by atoms with Crippen molar-refractivity contribution in [2.75, 3.05) is 25.7 Å². The number of hydrogen-bond acceptors (Lipinski definition) is 7. The number of pyridine rings is 1. The lowest BCUT2D eigenvalue weighted by atomic mass is 10.1. The molecule has 200 valence electrons. The van der Waals surface area contributed by atoms with Crippen LogP contribution in [0.25, 0.3) is 27.9 Å². The lowest BCUT2D eigenvalue weighted by molar-refractivity contribution is 0.0528. The Morgan fingerprint density at radius 2 is 1.97 bits per heavy atom. The average molecular weight is 525 g/mol. The molecule has 9 nitrogen and oxygen atoms in total. The summed E-state index contributed by atoms with van der Waals surface area (Å²) in [5.74, 6) is 0.377. The fourth-order valence-electron chi connectivity index (χ4n) is 5.69. The summed E-state index contributed by atoms with van der Waals surface area (Å²) in [5.41, 5.74) is 4.56. The number of fused-ring (bicyclic) bond motifs is 2. The smallest absolute Gasteiger partial charge is 0.343 e. The highest BCUT2D eigenvalue weighted by Gasteiger charge is 2.31. The minimum absolute atomic E-state index is 0.142. The van der Waals surface area contributed by atoms with Gasteiger partial charge in [-0.1, -0.05) is 30.3 Å². The number of anilines is 1. The van der Waals surface area contributed by atoms with Crippen molar-refractivity contribution >= 4 is 28.5 Å². The summed E-state index contributed by atoms with van der Waals surface area (Å²) >= 11 is 0. The van der Waals surface area contributed by atoms with Gasteiger partial charge in [0.2, 0.25) is 0 Å². The van der Waals surface area contributed by atoms with Crippen molar-refractivity contribution in [1.29, 1.82) is 0 Å². The Hall–Kier alpha value is -4.24. The monoisotopic (exact) mass is 524 g/mol. The zero-order valence-corrected chi connectivity index (χ0v) is 22.4. The van der Waals surface area contributed by atoms with Crippen molar-refractivity contribution in [2.45, 2.75) is 44.9 Å². The number of carbonyl (C=O) groups is 1. The number of methoxy groups -OCH3 is 1. The molecule has 0 bridgehead atoms. The molecule has 5 aromatic rings. The maximum Gasteiger partial charge on any atom is 0.343 e. The molecule has 2 atom stereocenters. The first-order chi connectivity index (χ1) is 19.1. The van der Waals surface area contributed by atoms with E-state index in [0.717, 1.165) is 52.9 Å². The number of ether oxygens (including phenoxy) is 2. The predicted octanol–water partition coefficient (Wildman–Crippen LogP) is 5.30. The van der Waals surface area contributed by atoms with Crippen LogP contribution in [0.3, 0.4) is 0 Å². The van der Waals surface area contributed by atoms with E-state index in [4.69, 9.17) is 19.4 Å². The highest BCUT2D eigenvalue weighted by molar-refractivity contribution is 5.98. The van der Waals surface area contributed by atoms with Gasteiger partial charge in [-0.15, -0.1) is 0 Å². The number of aromatic nitrogens is 5.